The summed E-state index contributed by atoms with van der Waals surface area (Å²) in [6, 6.07) is 2.71. The summed E-state index contributed by atoms with van der Waals surface area (Å²) in [6.07, 6.45) is 9.75. The fraction of sp³-hybridized carbons (Fsp3) is 0.727. The van der Waals surface area contributed by atoms with Crippen molar-refractivity contribution in [3.05, 3.63) is 34.4 Å². The molecule has 1 aromatic rings. The molecule has 1 aliphatic heterocycles. The van der Waals surface area contributed by atoms with E-state index in [4.69, 9.17) is 21.1 Å². The first-order valence-electron chi connectivity index (χ1n) is 10.4. The van der Waals surface area contributed by atoms with Gasteiger partial charge in [-0.1, -0.05) is 31.4 Å². The van der Waals surface area contributed by atoms with Crippen molar-refractivity contribution in [3.8, 4) is 0 Å². The van der Waals surface area contributed by atoms with Crippen molar-refractivity contribution in [2.75, 3.05) is 13.2 Å². The van der Waals surface area contributed by atoms with Crippen molar-refractivity contribution in [2.24, 2.45) is 17.8 Å². The summed E-state index contributed by atoms with van der Waals surface area (Å²) in [7, 11) is 0. The highest BCUT2D eigenvalue weighted by Gasteiger charge is 2.32. The summed E-state index contributed by atoms with van der Waals surface area (Å²) >= 11 is 5.55. The molecule has 2 fully saturated rings. The Morgan fingerprint density at radius 2 is 1.59 bits per heavy atom. The summed E-state index contributed by atoms with van der Waals surface area (Å²) in [4.78, 5) is 0. The molecule has 27 heavy (non-hydrogen) atoms. The summed E-state index contributed by atoms with van der Waals surface area (Å²) in [5, 5.41) is -0.413. The van der Waals surface area contributed by atoms with Gasteiger partial charge in [-0.05, 0) is 68.6 Å². The average Bonchev–Trinajstić information content (AvgIpc) is 2.69. The van der Waals surface area contributed by atoms with E-state index in [1.807, 2.05) is 0 Å². The minimum absolute atomic E-state index is 0.0386. The van der Waals surface area contributed by atoms with Crippen LogP contribution in [0.1, 0.15) is 63.9 Å². The van der Waals surface area contributed by atoms with Gasteiger partial charge in [0, 0.05) is 11.8 Å². The van der Waals surface area contributed by atoms with E-state index in [2.05, 4.69) is 6.92 Å². The number of ether oxygens (including phenoxy) is 2. The van der Waals surface area contributed by atoms with E-state index < -0.39 is 16.7 Å². The Hall–Kier alpha value is -0.710. The molecular formula is C22H31ClF2O2. The van der Waals surface area contributed by atoms with Gasteiger partial charge in [0.2, 0.25) is 0 Å². The Morgan fingerprint density at radius 3 is 2.19 bits per heavy atom. The first kappa shape index (κ1) is 21.0. The monoisotopic (exact) mass is 400 g/mol. The molecule has 152 valence electrons. The van der Waals surface area contributed by atoms with Gasteiger partial charge < -0.3 is 9.47 Å². The first-order valence-corrected chi connectivity index (χ1v) is 10.8. The van der Waals surface area contributed by atoms with Crippen molar-refractivity contribution in [1.29, 1.82) is 0 Å². The summed E-state index contributed by atoms with van der Waals surface area (Å²) in [6.45, 7) is 3.88. The van der Waals surface area contributed by atoms with Gasteiger partial charge in [-0.3, -0.25) is 0 Å². The van der Waals surface area contributed by atoms with E-state index in [1.54, 1.807) is 0 Å². The minimum Gasteiger partial charge on any atom is -0.352 e. The molecule has 0 amide bonds. The normalized spacial score (nSPS) is 29.0. The Labute approximate surface area is 166 Å². The highest BCUT2D eigenvalue weighted by atomic mass is 35.5. The number of aryl methyl sites for hydroxylation is 1. The number of rotatable bonds is 7. The standard InChI is InChI=1S/C22H31ClF2O2/c1-2-3-4-17-13-26-22(27-14-17)18-9-7-15(8-10-18)5-6-16-11-19(24)21(23)20(25)12-16/h11-12,15,17-18,22H,2-10,13-14H2,1H3. The molecule has 1 aromatic carbocycles. The highest BCUT2D eigenvalue weighted by Crippen LogP contribution is 2.36. The molecule has 1 saturated heterocycles. The quantitative estimate of drug-likeness (QED) is 0.484. The smallest absolute Gasteiger partial charge is 0.160 e. The zero-order chi connectivity index (χ0) is 19.2. The Balaban J connectivity index is 1.38. The van der Waals surface area contributed by atoms with Crippen molar-refractivity contribution < 1.29 is 18.3 Å². The molecule has 0 bridgehead atoms. The van der Waals surface area contributed by atoms with Gasteiger partial charge in [0.05, 0.1) is 13.2 Å². The van der Waals surface area contributed by atoms with E-state index in [-0.39, 0.29) is 6.29 Å². The topological polar surface area (TPSA) is 18.5 Å². The van der Waals surface area contributed by atoms with Crippen LogP contribution in [-0.2, 0) is 15.9 Å². The number of unbranched alkanes of at least 4 members (excludes halogenated alkanes) is 1. The molecule has 0 atom stereocenters. The molecule has 1 aliphatic carbocycles. The maximum absolute atomic E-state index is 13.6. The predicted octanol–water partition coefficient (Wildman–Crippen LogP) is 6.54. The van der Waals surface area contributed by atoms with Gasteiger partial charge in [0.25, 0.3) is 0 Å². The van der Waals surface area contributed by atoms with Crippen LogP contribution in [-0.4, -0.2) is 19.5 Å². The van der Waals surface area contributed by atoms with Gasteiger partial charge >= 0.3 is 0 Å². The predicted molar refractivity (Wildman–Crippen MR) is 104 cm³/mol. The highest BCUT2D eigenvalue weighted by molar-refractivity contribution is 6.30. The Morgan fingerprint density at radius 1 is 0.963 bits per heavy atom. The minimum atomic E-state index is -0.667. The summed E-state index contributed by atoms with van der Waals surface area (Å²) < 4.78 is 39.1. The molecule has 0 aromatic heterocycles. The van der Waals surface area contributed by atoms with Gasteiger partial charge in [0.1, 0.15) is 16.7 Å². The molecule has 0 N–H and O–H groups in total. The van der Waals surface area contributed by atoms with Gasteiger partial charge in [-0.2, -0.15) is 0 Å². The second-order valence-electron chi connectivity index (χ2n) is 8.24. The van der Waals surface area contributed by atoms with Gasteiger partial charge in [-0.25, -0.2) is 8.78 Å². The van der Waals surface area contributed by atoms with Crippen molar-refractivity contribution in [1.82, 2.24) is 0 Å². The molecule has 1 heterocycles. The van der Waals surface area contributed by atoms with Crippen LogP contribution in [0.2, 0.25) is 5.02 Å². The molecule has 0 radical (unpaired) electrons. The average molecular weight is 401 g/mol. The van der Waals surface area contributed by atoms with Crippen LogP contribution in [0.3, 0.4) is 0 Å². The van der Waals surface area contributed by atoms with Gasteiger partial charge in [0.15, 0.2) is 6.29 Å². The van der Waals surface area contributed by atoms with Crippen LogP contribution in [0.5, 0.6) is 0 Å². The molecular weight excluding hydrogens is 370 g/mol. The molecule has 2 aliphatic rings. The zero-order valence-electron chi connectivity index (χ0n) is 16.2. The zero-order valence-corrected chi connectivity index (χ0v) is 16.9. The molecule has 1 saturated carbocycles. The van der Waals surface area contributed by atoms with Crippen LogP contribution in [0.4, 0.5) is 8.78 Å². The third-order valence-electron chi connectivity index (χ3n) is 6.12. The largest absolute Gasteiger partial charge is 0.352 e. The maximum atomic E-state index is 13.6. The molecule has 3 rings (SSSR count). The first-order chi connectivity index (χ1) is 13.1. The van der Waals surface area contributed by atoms with E-state index >= 15 is 0 Å². The second kappa shape index (κ2) is 10.2. The molecule has 0 spiro atoms. The maximum Gasteiger partial charge on any atom is 0.160 e. The number of hydrogen-bond donors (Lipinski definition) is 0. The fourth-order valence-electron chi connectivity index (χ4n) is 4.36. The lowest BCUT2D eigenvalue weighted by Gasteiger charge is -2.37. The lowest BCUT2D eigenvalue weighted by molar-refractivity contribution is -0.230. The van der Waals surface area contributed by atoms with E-state index in [9.17, 15) is 8.78 Å². The number of halogens is 3. The third-order valence-corrected chi connectivity index (χ3v) is 6.48. The van der Waals surface area contributed by atoms with Gasteiger partial charge in [-0.15, -0.1) is 0 Å². The lowest BCUT2D eigenvalue weighted by atomic mass is 9.79. The fourth-order valence-corrected chi connectivity index (χ4v) is 4.47. The van der Waals surface area contributed by atoms with Crippen molar-refractivity contribution in [2.45, 2.75) is 71.0 Å². The Kier molecular flexibility index (Phi) is 7.92. The van der Waals surface area contributed by atoms with Crippen molar-refractivity contribution >= 4 is 11.6 Å². The van der Waals surface area contributed by atoms with E-state index in [0.29, 0.717) is 29.7 Å². The SMILES string of the molecule is CCCCC1COC(C2CCC(CCc3cc(F)c(Cl)c(F)c3)CC2)OC1. The number of hydrogen-bond acceptors (Lipinski definition) is 2. The number of benzene rings is 1. The van der Waals surface area contributed by atoms with Crippen LogP contribution in [0.15, 0.2) is 12.1 Å². The van der Waals surface area contributed by atoms with Crippen LogP contribution in [0.25, 0.3) is 0 Å². The van der Waals surface area contributed by atoms with Crippen LogP contribution >= 0.6 is 11.6 Å². The molecule has 2 nitrogen and oxygen atoms in total. The molecule has 0 unspecified atom stereocenters. The Bertz CT molecular complexity index is 571. The van der Waals surface area contributed by atoms with Crippen molar-refractivity contribution in [3.63, 3.8) is 0 Å². The lowest BCUT2D eigenvalue weighted by Crippen LogP contribution is -2.38. The van der Waals surface area contributed by atoms with E-state index in [1.165, 1.54) is 31.4 Å². The van der Waals surface area contributed by atoms with Crippen LogP contribution in [0, 0.1) is 29.4 Å². The summed E-state index contributed by atoms with van der Waals surface area (Å²) in [5.74, 6) is 0.305. The molecule has 5 heteroatoms. The second-order valence-corrected chi connectivity index (χ2v) is 8.61. The van der Waals surface area contributed by atoms with Crippen LogP contribution < -0.4 is 0 Å². The third kappa shape index (κ3) is 5.88. The summed E-state index contributed by atoms with van der Waals surface area (Å²) in [5.41, 5.74) is 0.689. The van der Waals surface area contributed by atoms with E-state index in [0.717, 1.165) is 45.3 Å².